The van der Waals surface area contributed by atoms with E-state index < -0.39 is 18.0 Å². The lowest BCUT2D eigenvalue weighted by Gasteiger charge is -2.15. The number of azide groups is 1. The summed E-state index contributed by atoms with van der Waals surface area (Å²) in [5, 5.41) is 3.27. The van der Waals surface area contributed by atoms with Crippen molar-refractivity contribution in [3.05, 3.63) is 34.7 Å². The molecule has 7 heteroatoms. The molecule has 0 fully saturated rings. The Morgan fingerprint density at radius 2 is 1.83 bits per heavy atom. The van der Waals surface area contributed by atoms with Crippen molar-refractivity contribution in [3.63, 3.8) is 0 Å². The van der Waals surface area contributed by atoms with Crippen LogP contribution in [-0.4, -0.2) is 31.2 Å². The fourth-order valence-electron chi connectivity index (χ4n) is 0.795. The highest BCUT2D eigenvalue weighted by molar-refractivity contribution is 5.87. The molecule has 0 bridgehead atoms. The summed E-state index contributed by atoms with van der Waals surface area (Å²) >= 11 is 0. The van der Waals surface area contributed by atoms with Crippen molar-refractivity contribution in [1.82, 2.24) is 0 Å². The van der Waals surface area contributed by atoms with E-state index in [1.807, 2.05) is 0 Å². The maximum atomic E-state index is 11.3. The molecule has 0 spiro atoms. The van der Waals surface area contributed by atoms with E-state index in [1.54, 1.807) is 0 Å². The van der Waals surface area contributed by atoms with Crippen LogP contribution >= 0.6 is 0 Å². The highest BCUT2D eigenvalue weighted by Crippen LogP contribution is 2.03. The normalized spacial score (nSPS) is 10.8. The number of rotatable bonds is 7. The molecule has 0 aromatic carbocycles. The summed E-state index contributed by atoms with van der Waals surface area (Å²) in [6.45, 7) is 9.46. The molecule has 0 aliphatic heterocycles. The molecule has 0 aliphatic carbocycles. The standard InChI is InChI=1S/C11H15N3O4/c1-7(2)10(15)17-6-9(5-13-14-12)18-11(16)8(3)4/h9H,1,3,5-6H2,2,4H3. The molecular weight excluding hydrogens is 238 g/mol. The summed E-state index contributed by atoms with van der Waals surface area (Å²) in [5.74, 6) is -1.24. The predicted molar refractivity (Wildman–Crippen MR) is 64.5 cm³/mol. The van der Waals surface area contributed by atoms with Crippen LogP contribution in [0.1, 0.15) is 13.8 Å². The van der Waals surface area contributed by atoms with Crippen molar-refractivity contribution in [2.75, 3.05) is 13.2 Å². The third-order valence-electron chi connectivity index (χ3n) is 1.72. The molecule has 0 aromatic rings. The Morgan fingerprint density at radius 1 is 1.28 bits per heavy atom. The summed E-state index contributed by atoms with van der Waals surface area (Å²) in [4.78, 5) is 25.0. The second-order valence-corrected chi connectivity index (χ2v) is 3.60. The maximum absolute atomic E-state index is 11.3. The third-order valence-corrected chi connectivity index (χ3v) is 1.72. The Morgan fingerprint density at radius 3 is 2.28 bits per heavy atom. The Hall–Kier alpha value is -2.27. The third kappa shape index (κ3) is 6.34. The maximum Gasteiger partial charge on any atom is 0.333 e. The molecule has 98 valence electrons. The van der Waals surface area contributed by atoms with Gasteiger partial charge in [0.25, 0.3) is 0 Å². The number of carbonyl (C=O) groups excluding carboxylic acids is 2. The van der Waals surface area contributed by atoms with Gasteiger partial charge in [0.1, 0.15) is 12.7 Å². The molecule has 0 rings (SSSR count). The highest BCUT2D eigenvalue weighted by atomic mass is 16.6. The molecule has 0 aromatic heterocycles. The van der Waals surface area contributed by atoms with Gasteiger partial charge in [-0.2, -0.15) is 0 Å². The van der Waals surface area contributed by atoms with Crippen molar-refractivity contribution in [2.45, 2.75) is 20.0 Å². The van der Waals surface area contributed by atoms with Crippen LogP contribution in [0.25, 0.3) is 10.4 Å². The molecule has 0 amide bonds. The summed E-state index contributed by atoms with van der Waals surface area (Å²) in [6.07, 6.45) is -0.839. The van der Waals surface area contributed by atoms with Gasteiger partial charge in [0.2, 0.25) is 0 Å². The highest BCUT2D eigenvalue weighted by Gasteiger charge is 2.16. The molecule has 0 aliphatic rings. The second kappa shape index (κ2) is 7.92. The van der Waals surface area contributed by atoms with Crippen LogP contribution in [0.15, 0.2) is 29.4 Å². The topological polar surface area (TPSA) is 101 Å². The fraction of sp³-hybridized carbons (Fsp3) is 0.455. The lowest BCUT2D eigenvalue weighted by molar-refractivity contribution is -0.153. The van der Waals surface area contributed by atoms with Crippen LogP contribution < -0.4 is 0 Å². The van der Waals surface area contributed by atoms with Crippen molar-refractivity contribution in [2.24, 2.45) is 5.11 Å². The zero-order chi connectivity index (χ0) is 14.1. The summed E-state index contributed by atoms with van der Waals surface area (Å²) < 4.78 is 9.75. The van der Waals surface area contributed by atoms with E-state index in [2.05, 4.69) is 23.2 Å². The zero-order valence-electron chi connectivity index (χ0n) is 10.4. The average Bonchev–Trinajstić information content (AvgIpc) is 2.31. The van der Waals surface area contributed by atoms with Gasteiger partial charge in [-0.3, -0.25) is 0 Å². The predicted octanol–water partition coefficient (Wildman–Crippen LogP) is 1.90. The van der Waals surface area contributed by atoms with Gasteiger partial charge in [-0.25, -0.2) is 9.59 Å². The van der Waals surface area contributed by atoms with Crippen LogP contribution in [-0.2, 0) is 19.1 Å². The minimum atomic E-state index is -0.839. The van der Waals surface area contributed by atoms with Gasteiger partial charge in [0.15, 0.2) is 0 Å². The van der Waals surface area contributed by atoms with Gasteiger partial charge in [-0.15, -0.1) is 0 Å². The lowest BCUT2D eigenvalue weighted by atomic mass is 10.3. The number of esters is 2. The summed E-state index contributed by atoms with van der Waals surface area (Å²) in [5.41, 5.74) is 8.63. The first-order valence-corrected chi connectivity index (χ1v) is 5.08. The van der Waals surface area contributed by atoms with E-state index in [0.717, 1.165) is 0 Å². The summed E-state index contributed by atoms with van der Waals surface area (Å²) in [6, 6.07) is 0. The van der Waals surface area contributed by atoms with Gasteiger partial charge in [0.05, 0.1) is 6.54 Å². The van der Waals surface area contributed by atoms with E-state index in [0.29, 0.717) is 0 Å². The number of nitrogens with zero attached hydrogens (tertiary/aromatic N) is 3. The fourth-order valence-corrected chi connectivity index (χ4v) is 0.795. The molecule has 0 heterocycles. The molecule has 1 atom stereocenters. The molecule has 0 radical (unpaired) electrons. The SMILES string of the molecule is C=C(C)C(=O)OCC(CN=[N+]=[N-])OC(=O)C(=C)C. The first-order chi connectivity index (χ1) is 8.38. The van der Waals surface area contributed by atoms with Gasteiger partial charge in [0, 0.05) is 16.1 Å². The van der Waals surface area contributed by atoms with E-state index in [9.17, 15) is 9.59 Å². The van der Waals surface area contributed by atoms with Crippen LogP contribution in [0, 0.1) is 0 Å². The molecule has 0 saturated heterocycles. The first kappa shape index (κ1) is 15.7. The van der Waals surface area contributed by atoms with Gasteiger partial charge < -0.3 is 9.47 Å². The van der Waals surface area contributed by atoms with E-state index >= 15 is 0 Å². The number of hydrogen-bond acceptors (Lipinski definition) is 5. The van der Waals surface area contributed by atoms with Crippen molar-refractivity contribution >= 4 is 11.9 Å². The van der Waals surface area contributed by atoms with Gasteiger partial charge >= 0.3 is 11.9 Å². The van der Waals surface area contributed by atoms with Gasteiger partial charge in [-0.05, 0) is 19.4 Å². The van der Waals surface area contributed by atoms with Gasteiger partial charge in [-0.1, -0.05) is 18.3 Å². The van der Waals surface area contributed by atoms with Crippen LogP contribution in [0.3, 0.4) is 0 Å². The first-order valence-electron chi connectivity index (χ1n) is 5.08. The zero-order valence-corrected chi connectivity index (χ0v) is 10.4. The van der Waals surface area contributed by atoms with Crippen LogP contribution in [0.5, 0.6) is 0 Å². The summed E-state index contributed by atoms with van der Waals surface area (Å²) in [7, 11) is 0. The quantitative estimate of drug-likeness (QED) is 0.227. The smallest absolute Gasteiger partial charge is 0.333 e. The van der Waals surface area contributed by atoms with E-state index in [1.165, 1.54) is 13.8 Å². The Bertz CT molecular complexity index is 411. The average molecular weight is 253 g/mol. The Balaban J connectivity index is 4.44. The van der Waals surface area contributed by atoms with Crippen molar-refractivity contribution in [1.29, 1.82) is 0 Å². The monoisotopic (exact) mass is 253 g/mol. The number of ether oxygens (including phenoxy) is 2. The van der Waals surface area contributed by atoms with Crippen LogP contribution in [0.2, 0.25) is 0 Å². The number of hydrogen-bond donors (Lipinski definition) is 0. The molecule has 0 saturated carbocycles. The largest absolute Gasteiger partial charge is 0.458 e. The Labute approximate surface area is 105 Å². The van der Waals surface area contributed by atoms with Crippen molar-refractivity contribution in [3.8, 4) is 0 Å². The molecule has 18 heavy (non-hydrogen) atoms. The van der Waals surface area contributed by atoms with Crippen molar-refractivity contribution < 1.29 is 19.1 Å². The molecular formula is C11H15N3O4. The van der Waals surface area contributed by atoms with E-state index in [4.69, 9.17) is 15.0 Å². The minimum Gasteiger partial charge on any atom is -0.458 e. The van der Waals surface area contributed by atoms with E-state index in [-0.39, 0.29) is 24.3 Å². The number of carbonyl (C=O) groups is 2. The minimum absolute atomic E-state index is 0.126. The second-order valence-electron chi connectivity index (χ2n) is 3.60. The molecule has 0 N–H and O–H groups in total. The lowest BCUT2D eigenvalue weighted by Crippen LogP contribution is -2.28. The Kier molecular flexibility index (Phi) is 6.92. The molecule has 1 unspecified atom stereocenters. The molecule has 7 nitrogen and oxygen atoms in total. The van der Waals surface area contributed by atoms with Crippen LogP contribution in [0.4, 0.5) is 0 Å².